The van der Waals surface area contributed by atoms with E-state index in [0.29, 0.717) is 0 Å². The lowest BCUT2D eigenvalue weighted by Crippen LogP contribution is -2.29. The van der Waals surface area contributed by atoms with Gasteiger partial charge in [-0.3, -0.25) is 0 Å². The molecule has 1 heterocycles. The molecule has 0 aliphatic carbocycles. The minimum absolute atomic E-state index is 0.903. The van der Waals surface area contributed by atoms with E-state index in [0.717, 1.165) is 25.3 Å². The summed E-state index contributed by atoms with van der Waals surface area (Å²) in [6.45, 7) is 8.53. The first-order valence-electron chi connectivity index (χ1n) is 6.02. The van der Waals surface area contributed by atoms with E-state index >= 15 is 0 Å². The van der Waals surface area contributed by atoms with Gasteiger partial charge in [-0.1, -0.05) is 13.3 Å². The summed E-state index contributed by atoms with van der Waals surface area (Å²) in [5.74, 6) is 0. The van der Waals surface area contributed by atoms with Crippen molar-refractivity contribution in [3.8, 4) is 0 Å². The van der Waals surface area contributed by atoms with Crippen LogP contribution < -0.4 is 5.32 Å². The number of nitrogens with one attached hydrogen (secondary N) is 1. The molecule has 0 fully saturated rings. The molecule has 3 nitrogen and oxygen atoms in total. The largest absolute Gasteiger partial charge is 0.309 e. The maximum atomic E-state index is 4.42. The number of thiazole rings is 1. The van der Waals surface area contributed by atoms with Gasteiger partial charge >= 0.3 is 0 Å². The minimum atomic E-state index is 0.903. The van der Waals surface area contributed by atoms with E-state index in [-0.39, 0.29) is 0 Å². The van der Waals surface area contributed by atoms with Crippen LogP contribution in [-0.2, 0) is 6.54 Å². The molecule has 92 valence electrons. The van der Waals surface area contributed by atoms with Gasteiger partial charge in [-0.05, 0) is 26.9 Å². The number of aryl methyl sites for hydroxylation is 1. The van der Waals surface area contributed by atoms with Crippen molar-refractivity contribution < 1.29 is 0 Å². The summed E-state index contributed by atoms with van der Waals surface area (Å²) < 4.78 is 0. The van der Waals surface area contributed by atoms with Gasteiger partial charge in [0.05, 0.1) is 0 Å². The van der Waals surface area contributed by atoms with E-state index in [4.69, 9.17) is 0 Å². The zero-order valence-electron chi connectivity index (χ0n) is 10.6. The van der Waals surface area contributed by atoms with Gasteiger partial charge in [0.15, 0.2) is 0 Å². The second-order valence-corrected chi connectivity index (χ2v) is 5.16. The number of hydrogen-bond acceptors (Lipinski definition) is 4. The Morgan fingerprint density at radius 3 is 2.88 bits per heavy atom. The average molecular weight is 241 g/mol. The van der Waals surface area contributed by atoms with E-state index in [1.807, 2.05) is 6.92 Å². The summed E-state index contributed by atoms with van der Waals surface area (Å²) in [5.41, 5.74) is 1.13. The maximum Gasteiger partial charge on any atom is 0.107 e. The van der Waals surface area contributed by atoms with Crippen LogP contribution in [0.3, 0.4) is 0 Å². The zero-order chi connectivity index (χ0) is 11.8. The van der Waals surface area contributed by atoms with Crippen LogP contribution >= 0.6 is 11.3 Å². The maximum absolute atomic E-state index is 4.42. The summed E-state index contributed by atoms with van der Waals surface area (Å²) in [6, 6.07) is 0. The van der Waals surface area contributed by atoms with Crippen molar-refractivity contribution in [2.45, 2.75) is 33.2 Å². The summed E-state index contributed by atoms with van der Waals surface area (Å²) in [6.07, 6.45) is 2.57. The molecule has 0 atom stereocenters. The van der Waals surface area contributed by atoms with Gasteiger partial charge in [0.25, 0.3) is 0 Å². The third-order valence-electron chi connectivity index (χ3n) is 2.51. The van der Waals surface area contributed by atoms with Gasteiger partial charge in [0.1, 0.15) is 5.01 Å². The fourth-order valence-electron chi connectivity index (χ4n) is 1.49. The number of rotatable bonds is 8. The molecule has 0 amide bonds. The standard InChI is InChI=1S/C12H23N3S/c1-4-5-7-15(3)8-6-13-9-12-14-11(2)10-16-12/h10,13H,4-9H2,1-3H3. The van der Waals surface area contributed by atoms with Crippen molar-refractivity contribution in [3.63, 3.8) is 0 Å². The van der Waals surface area contributed by atoms with E-state index in [1.54, 1.807) is 11.3 Å². The Balaban J connectivity index is 2.03. The SMILES string of the molecule is CCCCN(C)CCNCc1nc(C)cs1. The summed E-state index contributed by atoms with van der Waals surface area (Å²) in [7, 11) is 2.19. The molecule has 0 aromatic carbocycles. The van der Waals surface area contributed by atoms with Crippen LogP contribution in [-0.4, -0.2) is 36.6 Å². The minimum Gasteiger partial charge on any atom is -0.309 e. The van der Waals surface area contributed by atoms with Gasteiger partial charge in [0, 0.05) is 30.7 Å². The van der Waals surface area contributed by atoms with Crippen molar-refractivity contribution in [2.24, 2.45) is 0 Å². The van der Waals surface area contributed by atoms with Crippen LogP contribution in [0.2, 0.25) is 0 Å². The Kier molecular flexibility index (Phi) is 6.61. The predicted octanol–water partition coefficient (Wildman–Crippen LogP) is 2.27. The first-order valence-corrected chi connectivity index (χ1v) is 6.90. The molecule has 1 aromatic rings. The number of likely N-dealkylation sites (N-methyl/N-ethyl adjacent to an activating group) is 1. The Hall–Kier alpha value is -0.450. The first kappa shape index (κ1) is 13.6. The fraction of sp³-hybridized carbons (Fsp3) is 0.750. The molecule has 0 bridgehead atoms. The number of aromatic nitrogens is 1. The van der Waals surface area contributed by atoms with E-state index in [1.165, 1.54) is 24.4 Å². The van der Waals surface area contributed by atoms with Gasteiger partial charge in [-0.2, -0.15) is 0 Å². The molecule has 0 unspecified atom stereocenters. The molecule has 4 heteroatoms. The van der Waals surface area contributed by atoms with Crippen LogP contribution in [0, 0.1) is 6.92 Å². The summed E-state index contributed by atoms with van der Waals surface area (Å²) >= 11 is 1.74. The molecule has 0 spiro atoms. The molecule has 16 heavy (non-hydrogen) atoms. The fourth-order valence-corrected chi connectivity index (χ4v) is 2.23. The van der Waals surface area contributed by atoms with E-state index < -0.39 is 0 Å². The van der Waals surface area contributed by atoms with Crippen molar-refractivity contribution in [1.82, 2.24) is 15.2 Å². The van der Waals surface area contributed by atoms with Gasteiger partial charge in [0.2, 0.25) is 0 Å². The second-order valence-electron chi connectivity index (χ2n) is 4.22. The normalized spacial score (nSPS) is 11.2. The molecule has 1 rings (SSSR count). The van der Waals surface area contributed by atoms with E-state index in [9.17, 15) is 0 Å². The molecular formula is C12H23N3S. The van der Waals surface area contributed by atoms with Crippen molar-refractivity contribution in [1.29, 1.82) is 0 Å². The Labute approximate surface area is 103 Å². The number of nitrogens with zero attached hydrogens (tertiary/aromatic N) is 2. The smallest absolute Gasteiger partial charge is 0.107 e. The molecule has 1 N–H and O–H groups in total. The molecule has 0 radical (unpaired) electrons. The zero-order valence-corrected chi connectivity index (χ0v) is 11.4. The second kappa shape index (κ2) is 7.76. The Bertz CT molecular complexity index is 286. The molecule has 0 aliphatic heterocycles. The lowest BCUT2D eigenvalue weighted by Gasteiger charge is -2.15. The molecule has 0 saturated carbocycles. The highest BCUT2D eigenvalue weighted by molar-refractivity contribution is 7.09. The van der Waals surface area contributed by atoms with Gasteiger partial charge < -0.3 is 10.2 Å². The highest BCUT2D eigenvalue weighted by atomic mass is 32.1. The van der Waals surface area contributed by atoms with Crippen molar-refractivity contribution >= 4 is 11.3 Å². The topological polar surface area (TPSA) is 28.2 Å². The molecule has 1 aromatic heterocycles. The third kappa shape index (κ3) is 5.58. The lowest BCUT2D eigenvalue weighted by molar-refractivity contribution is 0.325. The van der Waals surface area contributed by atoms with Crippen LogP contribution in [0.25, 0.3) is 0 Å². The molecule has 0 aliphatic rings. The van der Waals surface area contributed by atoms with Crippen LogP contribution in [0.15, 0.2) is 5.38 Å². The summed E-state index contributed by atoms with van der Waals surface area (Å²) in [4.78, 5) is 6.80. The number of hydrogen-bond donors (Lipinski definition) is 1. The highest BCUT2D eigenvalue weighted by Gasteiger charge is 1.99. The average Bonchev–Trinajstić information content (AvgIpc) is 2.67. The highest BCUT2D eigenvalue weighted by Crippen LogP contribution is 2.07. The van der Waals surface area contributed by atoms with Crippen LogP contribution in [0.4, 0.5) is 0 Å². The summed E-state index contributed by atoms with van der Waals surface area (Å²) in [5, 5.41) is 6.72. The Morgan fingerprint density at radius 1 is 1.44 bits per heavy atom. The monoisotopic (exact) mass is 241 g/mol. The first-order chi connectivity index (χ1) is 7.72. The van der Waals surface area contributed by atoms with Gasteiger partial charge in [-0.25, -0.2) is 4.98 Å². The van der Waals surface area contributed by atoms with Gasteiger partial charge in [-0.15, -0.1) is 11.3 Å². The number of unbranched alkanes of at least 4 members (excludes halogenated alkanes) is 1. The Morgan fingerprint density at radius 2 is 2.25 bits per heavy atom. The van der Waals surface area contributed by atoms with Crippen LogP contribution in [0.1, 0.15) is 30.5 Å². The van der Waals surface area contributed by atoms with E-state index in [2.05, 4.69) is 34.6 Å². The third-order valence-corrected chi connectivity index (χ3v) is 3.47. The quantitative estimate of drug-likeness (QED) is 0.708. The predicted molar refractivity (Wildman–Crippen MR) is 71.0 cm³/mol. The van der Waals surface area contributed by atoms with Crippen molar-refractivity contribution in [3.05, 3.63) is 16.1 Å². The van der Waals surface area contributed by atoms with Crippen molar-refractivity contribution in [2.75, 3.05) is 26.7 Å². The van der Waals surface area contributed by atoms with Crippen LogP contribution in [0.5, 0.6) is 0 Å². The lowest BCUT2D eigenvalue weighted by atomic mass is 10.3. The molecule has 0 saturated heterocycles. The molecular weight excluding hydrogens is 218 g/mol.